The standard InChI is InChI=1S/C20H28N6O3/c1-20(2,3)29-19(27)26-12-6-7-14(13-26)23-16-9-11-22-18(25-16)24-15-8-5-10-21-17(15)28-4/h5,8-11,14H,6-7,12-13H2,1-4H3,(H2,22,23,24,25)/t14-/m1/s1. The third kappa shape index (κ3) is 5.94. The summed E-state index contributed by atoms with van der Waals surface area (Å²) in [4.78, 5) is 27.0. The Labute approximate surface area is 170 Å². The minimum Gasteiger partial charge on any atom is -0.480 e. The number of hydrogen-bond donors (Lipinski definition) is 2. The van der Waals surface area contributed by atoms with Gasteiger partial charge in [-0.15, -0.1) is 0 Å². The number of hydrogen-bond acceptors (Lipinski definition) is 8. The zero-order chi connectivity index (χ0) is 20.9. The Kier molecular flexibility index (Phi) is 6.36. The van der Waals surface area contributed by atoms with Gasteiger partial charge in [0.2, 0.25) is 11.8 Å². The van der Waals surface area contributed by atoms with Gasteiger partial charge < -0.3 is 25.0 Å². The van der Waals surface area contributed by atoms with Crippen LogP contribution in [0.4, 0.5) is 22.2 Å². The number of piperidine rings is 1. The highest BCUT2D eigenvalue weighted by molar-refractivity contribution is 5.68. The Morgan fingerprint density at radius 2 is 2.07 bits per heavy atom. The number of ether oxygens (including phenoxy) is 2. The van der Waals surface area contributed by atoms with Crippen LogP contribution < -0.4 is 15.4 Å². The smallest absolute Gasteiger partial charge is 0.410 e. The maximum Gasteiger partial charge on any atom is 0.410 e. The summed E-state index contributed by atoms with van der Waals surface area (Å²) in [6, 6.07) is 5.54. The van der Waals surface area contributed by atoms with Crippen LogP contribution in [0.2, 0.25) is 0 Å². The molecule has 9 heteroatoms. The molecule has 0 aliphatic carbocycles. The van der Waals surface area contributed by atoms with E-state index in [1.807, 2.05) is 26.8 Å². The van der Waals surface area contributed by atoms with Crippen LogP contribution in [0.3, 0.4) is 0 Å². The first-order chi connectivity index (χ1) is 13.8. The molecule has 3 heterocycles. The predicted molar refractivity (Wildman–Crippen MR) is 111 cm³/mol. The molecule has 1 aliphatic heterocycles. The Morgan fingerprint density at radius 1 is 1.24 bits per heavy atom. The van der Waals surface area contributed by atoms with Gasteiger partial charge in [0.05, 0.1) is 7.11 Å². The van der Waals surface area contributed by atoms with Gasteiger partial charge in [-0.2, -0.15) is 4.98 Å². The van der Waals surface area contributed by atoms with Crippen molar-refractivity contribution >= 4 is 23.5 Å². The lowest BCUT2D eigenvalue weighted by Crippen LogP contribution is -2.47. The third-order valence-corrected chi connectivity index (χ3v) is 4.29. The van der Waals surface area contributed by atoms with Crippen LogP contribution in [-0.4, -0.2) is 57.8 Å². The average Bonchev–Trinajstić information content (AvgIpc) is 2.68. The van der Waals surface area contributed by atoms with Crippen molar-refractivity contribution in [1.29, 1.82) is 0 Å². The largest absolute Gasteiger partial charge is 0.480 e. The van der Waals surface area contributed by atoms with Crippen molar-refractivity contribution in [3.8, 4) is 5.88 Å². The maximum absolute atomic E-state index is 12.4. The first-order valence-electron chi connectivity index (χ1n) is 9.67. The number of methoxy groups -OCH3 is 1. The molecule has 1 amide bonds. The molecule has 29 heavy (non-hydrogen) atoms. The van der Waals surface area contributed by atoms with Crippen molar-refractivity contribution < 1.29 is 14.3 Å². The van der Waals surface area contributed by atoms with Crippen LogP contribution in [-0.2, 0) is 4.74 Å². The van der Waals surface area contributed by atoms with Crippen LogP contribution in [0, 0.1) is 0 Å². The lowest BCUT2D eigenvalue weighted by molar-refractivity contribution is 0.0206. The molecule has 156 valence electrons. The highest BCUT2D eigenvalue weighted by Gasteiger charge is 2.27. The summed E-state index contributed by atoms with van der Waals surface area (Å²) in [5.74, 6) is 1.58. The fourth-order valence-electron chi connectivity index (χ4n) is 3.06. The molecule has 1 fully saturated rings. The van der Waals surface area contributed by atoms with E-state index >= 15 is 0 Å². The maximum atomic E-state index is 12.4. The summed E-state index contributed by atoms with van der Waals surface area (Å²) >= 11 is 0. The SMILES string of the molecule is COc1ncccc1Nc1nccc(N[C@@H]2CCCN(C(=O)OC(C)(C)C)C2)n1. The molecular formula is C20H28N6O3. The number of anilines is 3. The monoisotopic (exact) mass is 400 g/mol. The summed E-state index contributed by atoms with van der Waals surface area (Å²) in [6.07, 6.45) is 4.90. The van der Waals surface area contributed by atoms with E-state index in [1.165, 1.54) is 0 Å². The average molecular weight is 400 g/mol. The van der Waals surface area contributed by atoms with Crippen LogP contribution >= 0.6 is 0 Å². The predicted octanol–water partition coefficient (Wildman–Crippen LogP) is 3.44. The van der Waals surface area contributed by atoms with E-state index in [9.17, 15) is 4.79 Å². The van der Waals surface area contributed by atoms with Gasteiger partial charge in [0.15, 0.2) is 0 Å². The highest BCUT2D eigenvalue weighted by Crippen LogP contribution is 2.24. The fraction of sp³-hybridized carbons (Fsp3) is 0.500. The van der Waals surface area contributed by atoms with E-state index in [0.29, 0.717) is 36.4 Å². The topological polar surface area (TPSA) is 102 Å². The van der Waals surface area contributed by atoms with Gasteiger partial charge >= 0.3 is 6.09 Å². The summed E-state index contributed by atoms with van der Waals surface area (Å²) in [5.41, 5.74) is 0.179. The van der Waals surface area contributed by atoms with E-state index in [1.54, 1.807) is 36.5 Å². The lowest BCUT2D eigenvalue weighted by Gasteiger charge is -2.34. The molecule has 2 N–H and O–H groups in total. The number of likely N-dealkylation sites (tertiary alicyclic amines) is 1. The van der Waals surface area contributed by atoms with E-state index in [-0.39, 0.29) is 12.1 Å². The molecule has 9 nitrogen and oxygen atoms in total. The van der Waals surface area contributed by atoms with Gasteiger partial charge in [-0.05, 0) is 51.8 Å². The second-order valence-corrected chi connectivity index (χ2v) is 7.86. The fourth-order valence-corrected chi connectivity index (χ4v) is 3.06. The number of carbonyl (C=O) groups excluding carboxylic acids is 1. The number of carbonyl (C=O) groups is 1. The molecule has 2 aromatic rings. The van der Waals surface area contributed by atoms with Gasteiger partial charge in [-0.3, -0.25) is 0 Å². The summed E-state index contributed by atoms with van der Waals surface area (Å²) in [6.45, 7) is 6.88. The number of pyridine rings is 1. The van der Waals surface area contributed by atoms with E-state index in [2.05, 4.69) is 25.6 Å². The van der Waals surface area contributed by atoms with Gasteiger partial charge in [0, 0.05) is 31.5 Å². The summed E-state index contributed by atoms with van der Waals surface area (Å²) < 4.78 is 10.7. The number of nitrogens with zero attached hydrogens (tertiary/aromatic N) is 4. The second-order valence-electron chi connectivity index (χ2n) is 7.86. The highest BCUT2D eigenvalue weighted by atomic mass is 16.6. The molecule has 0 radical (unpaired) electrons. The lowest BCUT2D eigenvalue weighted by atomic mass is 10.1. The quantitative estimate of drug-likeness (QED) is 0.787. The minimum atomic E-state index is -0.502. The Balaban J connectivity index is 1.63. The van der Waals surface area contributed by atoms with Gasteiger partial charge in [-0.1, -0.05) is 0 Å². The molecule has 0 spiro atoms. The van der Waals surface area contributed by atoms with Gasteiger partial charge in [0.25, 0.3) is 0 Å². The Hall–Kier alpha value is -3.10. The zero-order valence-electron chi connectivity index (χ0n) is 17.3. The molecule has 0 saturated carbocycles. The van der Waals surface area contributed by atoms with Crippen LogP contribution in [0.5, 0.6) is 5.88 Å². The van der Waals surface area contributed by atoms with Crippen molar-refractivity contribution in [2.75, 3.05) is 30.8 Å². The molecule has 1 atom stereocenters. The number of aromatic nitrogens is 3. The third-order valence-electron chi connectivity index (χ3n) is 4.29. The van der Waals surface area contributed by atoms with Crippen LogP contribution in [0.25, 0.3) is 0 Å². The van der Waals surface area contributed by atoms with E-state index in [0.717, 1.165) is 12.8 Å². The minimum absolute atomic E-state index is 0.0898. The van der Waals surface area contributed by atoms with Crippen molar-refractivity contribution in [2.45, 2.75) is 45.3 Å². The van der Waals surface area contributed by atoms with Crippen molar-refractivity contribution in [1.82, 2.24) is 19.9 Å². The number of amides is 1. The van der Waals surface area contributed by atoms with Crippen molar-refractivity contribution in [3.63, 3.8) is 0 Å². The van der Waals surface area contributed by atoms with Crippen LogP contribution in [0.15, 0.2) is 30.6 Å². The first-order valence-corrected chi connectivity index (χ1v) is 9.67. The molecule has 1 aliphatic rings. The first kappa shape index (κ1) is 20.6. The van der Waals surface area contributed by atoms with Crippen molar-refractivity contribution in [2.24, 2.45) is 0 Å². The molecule has 0 bridgehead atoms. The molecule has 2 aromatic heterocycles. The van der Waals surface area contributed by atoms with Gasteiger partial charge in [-0.25, -0.2) is 14.8 Å². The number of rotatable bonds is 5. The molecule has 3 rings (SSSR count). The zero-order valence-corrected chi connectivity index (χ0v) is 17.3. The number of nitrogens with one attached hydrogen (secondary N) is 2. The van der Waals surface area contributed by atoms with Crippen molar-refractivity contribution in [3.05, 3.63) is 30.6 Å². The second kappa shape index (κ2) is 8.93. The molecular weight excluding hydrogens is 372 g/mol. The van der Waals surface area contributed by atoms with Gasteiger partial charge in [0.1, 0.15) is 17.1 Å². The van der Waals surface area contributed by atoms with E-state index in [4.69, 9.17) is 9.47 Å². The van der Waals surface area contributed by atoms with Crippen LogP contribution in [0.1, 0.15) is 33.6 Å². The molecule has 0 aromatic carbocycles. The summed E-state index contributed by atoms with van der Waals surface area (Å²) in [7, 11) is 1.56. The molecule has 1 saturated heterocycles. The summed E-state index contributed by atoms with van der Waals surface area (Å²) in [5, 5.41) is 6.52. The normalized spacial score (nSPS) is 16.8. The Morgan fingerprint density at radius 3 is 2.83 bits per heavy atom. The van der Waals surface area contributed by atoms with E-state index < -0.39 is 5.60 Å². The molecule has 0 unspecified atom stereocenters. The Bertz CT molecular complexity index is 839.